The van der Waals surface area contributed by atoms with Crippen LogP contribution in [-0.4, -0.2) is 19.3 Å². The van der Waals surface area contributed by atoms with Crippen LogP contribution >= 0.6 is 11.3 Å². The summed E-state index contributed by atoms with van der Waals surface area (Å²) < 4.78 is 27.1. The molecule has 2 N–H and O–H groups in total. The average molecular weight is 387 g/mol. The molecule has 0 aliphatic rings. The number of hydrogen-bond acceptors (Lipinski definition) is 5. The molecule has 3 aromatic rings. The zero-order chi connectivity index (χ0) is 18.6. The van der Waals surface area contributed by atoms with Crippen LogP contribution < -0.4 is 10.0 Å². The number of amides is 1. The van der Waals surface area contributed by atoms with E-state index in [0.29, 0.717) is 11.5 Å². The third-order valence-corrected chi connectivity index (χ3v) is 6.29. The molecule has 3 rings (SSSR count). The number of aryl methyl sites for hydroxylation is 1. The molecule has 6 nitrogen and oxygen atoms in total. The fraction of sp³-hybridized carbons (Fsp3) is 0.111. The molecule has 2 heterocycles. The second kappa shape index (κ2) is 7.67. The minimum absolute atomic E-state index is 0.174. The van der Waals surface area contributed by atoms with Crippen LogP contribution in [0.5, 0.6) is 0 Å². The summed E-state index contributed by atoms with van der Waals surface area (Å²) in [6.45, 7) is 1.92. The highest BCUT2D eigenvalue weighted by atomic mass is 32.2. The van der Waals surface area contributed by atoms with Gasteiger partial charge in [0.2, 0.25) is 5.91 Å². The summed E-state index contributed by atoms with van der Waals surface area (Å²) in [4.78, 5) is 16.2. The van der Waals surface area contributed by atoms with Crippen LogP contribution in [0.25, 0.3) is 0 Å². The summed E-state index contributed by atoms with van der Waals surface area (Å²) in [7, 11) is -3.57. The molecular formula is C18H17N3O3S2. The second-order valence-corrected chi connectivity index (χ2v) is 8.53. The topological polar surface area (TPSA) is 88.2 Å². The van der Waals surface area contributed by atoms with Crippen LogP contribution in [0, 0.1) is 6.92 Å². The van der Waals surface area contributed by atoms with Crippen LogP contribution in [0.15, 0.2) is 64.3 Å². The Bertz CT molecular complexity index is 998. The van der Waals surface area contributed by atoms with Crippen molar-refractivity contribution >= 4 is 38.8 Å². The van der Waals surface area contributed by atoms with Gasteiger partial charge in [-0.3, -0.25) is 9.52 Å². The van der Waals surface area contributed by atoms with E-state index in [2.05, 4.69) is 15.0 Å². The minimum Gasteiger partial charge on any atom is -0.310 e. The van der Waals surface area contributed by atoms with Gasteiger partial charge in [0.25, 0.3) is 10.0 Å². The molecule has 0 unspecified atom stereocenters. The Labute approximate surface area is 156 Å². The number of benzene rings is 1. The van der Waals surface area contributed by atoms with Gasteiger partial charge in [-0.25, -0.2) is 13.4 Å². The van der Waals surface area contributed by atoms with Gasteiger partial charge < -0.3 is 5.32 Å². The molecule has 0 saturated heterocycles. The van der Waals surface area contributed by atoms with Gasteiger partial charge in [-0.1, -0.05) is 18.2 Å². The first-order valence-electron chi connectivity index (χ1n) is 7.80. The van der Waals surface area contributed by atoms with Crippen LogP contribution in [0.4, 0.5) is 11.5 Å². The number of hydrogen-bond donors (Lipinski definition) is 2. The SMILES string of the molecule is Cc1ccnc(NC(=O)Cc2ccc(NS(=O)(=O)c3cccs3)cc2)c1. The van der Waals surface area contributed by atoms with Gasteiger partial charge in [0.15, 0.2) is 0 Å². The lowest BCUT2D eigenvalue weighted by Gasteiger charge is -2.08. The zero-order valence-electron chi connectivity index (χ0n) is 14.0. The van der Waals surface area contributed by atoms with E-state index in [1.807, 2.05) is 13.0 Å². The predicted octanol–water partition coefficient (Wildman–Crippen LogP) is 3.43. The number of carbonyl (C=O) groups is 1. The third kappa shape index (κ3) is 4.68. The molecule has 0 saturated carbocycles. The Morgan fingerprint density at radius 3 is 2.58 bits per heavy atom. The molecule has 0 radical (unpaired) electrons. The average Bonchev–Trinajstić information content (AvgIpc) is 3.12. The van der Waals surface area contributed by atoms with E-state index in [4.69, 9.17) is 0 Å². The molecule has 26 heavy (non-hydrogen) atoms. The molecule has 0 aliphatic heterocycles. The van der Waals surface area contributed by atoms with Crippen molar-refractivity contribution in [3.8, 4) is 0 Å². The number of carbonyl (C=O) groups excluding carboxylic acids is 1. The van der Waals surface area contributed by atoms with E-state index in [9.17, 15) is 13.2 Å². The second-order valence-electron chi connectivity index (χ2n) is 5.68. The summed E-state index contributed by atoms with van der Waals surface area (Å²) in [6.07, 6.45) is 1.81. The van der Waals surface area contributed by atoms with E-state index in [1.165, 1.54) is 0 Å². The van der Waals surface area contributed by atoms with E-state index < -0.39 is 10.0 Å². The Balaban J connectivity index is 1.62. The molecule has 1 amide bonds. The smallest absolute Gasteiger partial charge is 0.271 e. The largest absolute Gasteiger partial charge is 0.310 e. The molecule has 0 bridgehead atoms. The summed E-state index contributed by atoms with van der Waals surface area (Å²) in [5, 5.41) is 4.45. The van der Waals surface area contributed by atoms with E-state index >= 15 is 0 Å². The molecule has 1 aromatic carbocycles. The van der Waals surface area contributed by atoms with Gasteiger partial charge in [0.05, 0.1) is 6.42 Å². The van der Waals surface area contributed by atoms with Crippen molar-refractivity contribution < 1.29 is 13.2 Å². The van der Waals surface area contributed by atoms with Crippen molar-refractivity contribution in [2.75, 3.05) is 10.0 Å². The summed E-state index contributed by atoms with van der Waals surface area (Å²) >= 11 is 1.15. The van der Waals surface area contributed by atoms with E-state index in [1.54, 1.807) is 54.0 Å². The van der Waals surface area contributed by atoms with Gasteiger partial charge in [0.1, 0.15) is 10.0 Å². The summed E-state index contributed by atoms with van der Waals surface area (Å²) in [5.41, 5.74) is 2.23. The number of nitrogens with one attached hydrogen (secondary N) is 2. The summed E-state index contributed by atoms with van der Waals surface area (Å²) in [6, 6.07) is 13.6. The van der Waals surface area contributed by atoms with Crippen molar-refractivity contribution in [3.05, 3.63) is 71.2 Å². The first kappa shape index (κ1) is 18.1. The summed E-state index contributed by atoms with van der Waals surface area (Å²) in [5.74, 6) is 0.324. The van der Waals surface area contributed by atoms with Crippen LogP contribution in [0.2, 0.25) is 0 Å². The van der Waals surface area contributed by atoms with Gasteiger partial charge in [-0.05, 0) is 53.8 Å². The third-order valence-electron chi connectivity index (χ3n) is 3.51. The van der Waals surface area contributed by atoms with Crippen molar-refractivity contribution in [1.82, 2.24) is 4.98 Å². The lowest BCUT2D eigenvalue weighted by molar-refractivity contribution is -0.115. The number of anilines is 2. The Morgan fingerprint density at radius 2 is 1.92 bits per heavy atom. The van der Waals surface area contributed by atoms with Crippen LogP contribution in [-0.2, 0) is 21.2 Å². The lowest BCUT2D eigenvalue weighted by atomic mass is 10.1. The van der Waals surface area contributed by atoms with Crippen molar-refractivity contribution in [3.63, 3.8) is 0 Å². The molecular weight excluding hydrogens is 370 g/mol. The molecule has 0 atom stereocenters. The number of pyridine rings is 1. The van der Waals surface area contributed by atoms with Gasteiger partial charge in [-0.15, -0.1) is 11.3 Å². The number of thiophene rings is 1. The van der Waals surface area contributed by atoms with Gasteiger partial charge in [0, 0.05) is 11.9 Å². The quantitative estimate of drug-likeness (QED) is 0.678. The Kier molecular flexibility index (Phi) is 5.34. The monoisotopic (exact) mass is 387 g/mol. The zero-order valence-corrected chi connectivity index (χ0v) is 15.6. The molecule has 134 valence electrons. The maximum Gasteiger partial charge on any atom is 0.271 e. The van der Waals surface area contributed by atoms with Crippen LogP contribution in [0.3, 0.4) is 0 Å². The maximum absolute atomic E-state index is 12.2. The molecule has 0 aliphatic carbocycles. The molecule has 8 heteroatoms. The standard InChI is InChI=1S/C18H17N3O3S2/c1-13-8-9-19-16(11-13)20-17(22)12-14-4-6-15(7-5-14)21-26(23,24)18-3-2-10-25-18/h2-11,21H,12H2,1H3,(H,19,20,22). The molecule has 0 fully saturated rings. The highest BCUT2D eigenvalue weighted by Crippen LogP contribution is 2.20. The maximum atomic E-state index is 12.2. The van der Waals surface area contributed by atoms with Crippen molar-refractivity contribution in [2.45, 2.75) is 17.6 Å². The first-order valence-corrected chi connectivity index (χ1v) is 10.2. The van der Waals surface area contributed by atoms with E-state index in [0.717, 1.165) is 22.5 Å². The molecule has 0 spiro atoms. The van der Waals surface area contributed by atoms with Crippen LogP contribution in [0.1, 0.15) is 11.1 Å². The number of aromatic nitrogens is 1. The number of nitrogens with zero attached hydrogens (tertiary/aromatic N) is 1. The minimum atomic E-state index is -3.57. The highest BCUT2D eigenvalue weighted by Gasteiger charge is 2.15. The highest BCUT2D eigenvalue weighted by molar-refractivity contribution is 7.94. The van der Waals surface area contributed by atoms with Crippen molar-refractivity contribution in [2.24, 2.45) is 0 Å². The van der Waals surface area contributed by atoms with Gasteiger partial charge in [-0.2, -0.15) is 0 Å². The fourth-order valence-electron chi connectivity index (χ4n) is 2.29. The Morgan fingerprint density at radius 1 is 1.15 bits per heavy atom. The number of rotatable bonds is 6. The van der Waals surface area contributed by atoms with E-state index in [-0.39, 0.29) is 16.5 Å². The first-order chi connectivity index (χ1) is 12.4. The lowest BCUT2D eigenvalue weighted by Crippen LogP contribution is -2.15. The Hall–Kier alpha value is -2.71. The normalized spacial score (nSPS) is 11.1. The molecule has 2 aromatic heterocycles. The fourth-order valence-corrected chi connectivity index (χ4v) is 4.34. The predicted molar refractivity (Wildman–Crippen MR) is 103 cm³/mol. The number of sulfonamides is 1. The van der Waals surface area contributed by atoms with Crippen molar-refractivity contribution in [1.29, 1.82) is 0 Å². The van der Waals surface area contributed by atoms with Gasteiger partial charge >= 0.3 is 0 Å².